The molecule has 0 aromatic rings. The van der Waals surface area contributed by atoms with E-state index in [9.17, 15) is 19.4 Å². The number of rotatable bonds is 51. The minimum atomic E-state index is -4.61. The SMILES string of the molecule is CC/C=C\C/C=C\C/C=C\C/C=C\C/C=C\C/C=C\C/C=C\C/C=C\C/C=C\C/C=C\C/C=C\CCCCCCCCCC(=O)NC(COP(=O)([O-])OCC[N+](C)(C)C)C(O)/C=C/CC/C=C/CCCCCCCC. The van der Waals surface area contributed by atoms with E-state index in [0.717, 1.165) is 122 Å². The van der Waals surface area contributed by atoms with Gasteiger partial charge in [-0.2, -0.15) is 0 Å². The molecule has 3 atom stereocenters. The van der Waals surface area contributed by atoms with Crippen LogP contribution >= 0.6 is 7.82 Å². The van der Waals surface area contributed by atoms with Crippen LogP contribution in [0.2, 0.25) is 0 Å². The molecule has 2 N–H and O–H groups in total. The number of aliphatic hydroxyl groups is 1. The molecule has 0 radical (unpaired) electrons. The lowest BCUT2D eigenvalue weighted by atomic mass is 10.1. The Bertz CT molecular complexity index is 1770. The number of phosphoric ester groups is 1. The first-order valence-corrected chi connectivity index (χ1v) is 30.8. The van der Waals surface area contributed by atoms with Crippen molar-refractivity contribution in [1.29, 1.82) is 0 Å². The molecule has 0 aliphatic heterocycles. The molecule has 0 spiro atoms. The Labute approximate surface area is 461 Å². The fourth-order valence-corrected chi connectivity index (χ4v) is 8.13. The molecule has 9 heteroatoms. The summed E-state index contributed by atoms with van der Waals surface area (Å²) in [6, 6.07) is -0.920. The second kappa shape index (κ2) is 54.9. The summed E-state index contributed by atoms with van der Waals surface area (Å²) in [6.45, 7) is 4.45. The van der Waals surface area contributed by atoms with Gasteiger partial charge in [-0.1, -0.05) is 236 Å². The Morgan fingerprint density at radius 1 is 0.480 bits per heavy atom. The number of aliphatic hydroxyl groups excluding tert-OH is 1. The van der Waals surface area contributed by atoms with Crippen LogP contribution in [0.15, 0.2) is 158 Å². The molecule has 0 bridgehead atoms. The first-order chi connectivity index (χ1) is 36.5. The maximum Gasteiger partial charge on any atom is 0.268 e. The summed E-state index contributed by atoms with van der Waals surface area (Å²) >= 11 is 0. The second-order valence-electron chi connectivity index (χ2n) is 20.3. The summed E-state index contributed by atoms with van der Waals surface area (Å²) in [7, 11) is 1.21. The molecule has 0 aliphatic rings. The molecule has 1 amide bonds. The zero-order valence-corrected chi connectivity index (χ0v) is 49.1. The topological polar surface area (TPSA) is 108 Å². The van der Waals surface area contributed by atoms with Crippen molar-refractivity contribution in [2.45, 2.75) is 212 Å². The molecule has 0 fully saturated rings. The van der Waals surface area contributed by atoms with Gasteiger partial charge in [-0.15, -0.1) is 0 Å². The summed E-state index contributed by atoms with van der Waals surface area (Å²) in [5.74, 6) is -0.227. The van der Waals surface area contributed by atoms with Gasteiger partial charge < -0.3 is 28.8 Å². The number of carbonyl (C=O) groups excluding carboxylic acids is 1. The molecule has 0 rings (SSSR count). The monoisotopic (exact) mass is 1060 g/mol. The molecular weight excluding hydrogens is 948 g/mol. The number of hydrogen-bond acceptors (Lipinski definition) is 6. The number of likely N-dealkylation sites (N-methyl/N-ethyl adjacent to an activating group) is 1. The van der Waals surface area contributed by atoms with Gasteiger partial charge in [-0.05, 0) is 116 Å². The van der Waals surface area contributed by atoms with Crippen molar-refractivity contribution in [3.8, 4) is 0 Å². The number of phosphoric acid groups is 1. The number of nitrogens with zero attached hydrogens (tertiary/aromatic N) is 1. The quantitative estimate of drug-likeness (QED) is 0.0272. The van der Waals surface area contributed by atoms with E-state index in [2.05, 4.69) is 165 Å². The van der Waals surface area contributed by atoms with E-state index in [-0.39, 0.29) is 12.5 Å². The zero-order valence-electron chi connectivity index (χ0n) is 48.2. The molecule has 0 heterocycles. The second-order valence-corrected chi connectivity index (χ2v) is 21.7. The van der Waals surface area contributed by atoms with Crippen molar-refractivity contribution in [3.63, 3.8) is 0 Å². The predicted molar refractivity (Wildman–Crippen MR) is 324 cm³/mol. The van der Waals surface area contributed by atoms with Crippen LogP contribution in [0.3, 0.4) is 0 Å². The van der Waals surface area contributed by atoms with Crippen molar-refractivity contribution < 1.29 is 32.9 Å². The normalized spacial score (nSPS) is 15.0. The van der Waals surface area contributed by atoms with Crippen LogP contribution in [0.4, 0.5) is 0 Å². The van der Waals surface area contributed by atoms with Gasteiger partial charge in [0, 0.05) is 6.42 Å². The van der Waals surface area contributed by atoms with Gasteiger partial charge in [-0.25, -0.2) is 0 Å². The van der Waals surface area contributed by atoms with Crippen LogP contribution in [0.25, 0.3) is 0 Å². The molecule has 0 saturated heterocycles. The lowest BCUT2D eigenvalue weighted by molar-refractivity contribution is -0.870. The molecule has 75 heavy (non-hydrogen) atoms. The molecule has 0 saturated carbocycles. The number of allylic oxidation sites excluding steroid dienone is 25. The minimum absolute atomic E-state index is 0.0169. The van der Waals surface area contributed by atoms with Crippen molar-refractivity contribution >= 4 is 13.7 Å². The third kappa shape index (κ3) is 57.7. The maximum atomic E-state index is 12.9. The number of amides is 1. The van der Waals surface area contributed by atoms with Crippen LogP contribution in [0, 0.1) is 0 Å². The summed E-state index contributed by atoms with van der Waals surface area (Å²) in [6.07, 6.45) is 86.2. The highest BCUT2D eigenvalue weighted by Crippen LogP contribution is 2.38. The smallest absolute Gasteiger partial charge is 0.268 e. The van der Waals surface area contributed by atoms with Crippen LogP contribution in [-0.2, 0) is 18.4 Å². The summed E-state index contributed by atoms with van der Waals surface area (Å²) in [4.78, 5) is 25.4. The Balaban J connectivity index is 4.14. The highest BCUT2D eigenvalue weighted by molar-refractivity contribution is 7.45. The summed E-state index contributed by atoms with van der Waals surface area (Å²) < 4.78 is 23.2. The third-order valence-electron chi connectivity index (χ3n) is 12.0. The van der Waals surface area contributed by atoms with Gasteiger partial charge in [0.25, 0.3) is 7.82 Å². The van der Waals surface area contributed by atoms with Crippen molar-refractivity contribution in [2.24, 2.45) is 0 Å². The van der Waals surface area contributed by atoms with Crippen LogP contribution in [0.5, 0.6) is 0 Å². The predicted octanol–water partition coefficient (Wildman–Crippen LogP) is 17.6. The molecule has 424 valence electrons. The minimum Gasteiger partial charge on any atom is -0.756 e. The van der Waals surface area contributed by atoms with Gasteiger partial charge in [0.05, 0.1) is 39.9 Å². The Hall–Kier alpha value is -3.88. The number of hydrogen-bond donors (Lipinski definition) is 2. The molecule has 0 aliphatic carbocycles. The number of nitrogens with one attached hydrogen (secondary N) is 1. The fourth-order valence-electron chi connectivity index (χ4n) is 7.41. The van der Waals surface area contributed by atoms with Gasteiger partial charge in [-0.3, -0.25) is 9.36 Å². The highest BCUT2D eigenvalue weighted by Gasteiger charge is 2.23. The van der Waals surface area contributed by atoms with E-state index < -0.39 is 26.6 Å². The third-order valence-corrected chi connectivity index (χ3v) is 12.9. The molecule has 0 aromatic carbocycles. The van der Waals surface area contributed by atoms with Crippen LogP contribution in [0.1, 0.15) is 200 Å². The average molecular weight is 1060 g/mol. The fraction of sp³-hybridized carbons (Fsp3) is 0.591. The summed E-state index contributed by atoms with van der Waals surface area (Å²) in [5.41, 5.74) is 0. The van der Waals surface area contributed by atoms with E-state index in [1.54, 1.807) is 6.08 Å². The first-order valence-electron chi connectivity index (χ1n) is 29.3. The van der Waals surface area contributed by atoms with Gasteiger partial charge in [0.2, 0.25) is 5.91 Å². The molecule has 0 aromatic heterocycles. The number of unbranched alkanes of at least 4 members (excludes halogenated alkanes) is 14. The van der Waals surface area contributed by atoms with Crippen molar-refractivity contribution in [2.75, 3.05) is 40.9 Å². The molecule has 8 nitrogen and oxygen atoms in total. The zero-order chi connectivity index (χ0) is 54.9. The molecule has 3 unspecified atom stereocenters. The van der Waals surface area contributed by atoms with E-state index in [4.69, 9.17) is 9.05 Å². The van der Waals surface area contributed by atoms with Gasteiger partial charge in [0.15, 0.2) is 0 Å². The van der Waals surface area contributed by atoms with E-state index >= 15 is 0 Å². The Morgan fingerprint density at radius 3 is 1.24 bits per heavy atom. The van der Waals surface area contributed by atoms with Gasteiger partial charge >= 0.3 is 0 Å². The molecular formula is C66H109N2O6P. The Morgan fingerprint density at radius 2 is 0.827 bits per heavy atom. The average Bonchev–Trinajstić information content (AvgIpc) is 3.37. The first kappa shape index (κ1) is 71.1. The van der Waals surface area contributed by atoms with Gasteiger partial charge in [0.1, 0.15) is 13.2 Å². The van der Waals surface area contributed by atoms with Crippen LogP contribution < -0.4 is 10.2 Å². The van der Waals surface area contributed by atoms with E-state index in [1.165, 1.54) is 57.8 Å². The number of quaternary nitrogens is 1. The van der Waals surface area contributed by atoms with E-state index in [1.807, 2.05) is 27.2 Å². The maximum absolute atomic E-state index is 12.9. The van der Waals surface area contributed by atoms with Crippen LogP contribution in [-0.4, -0.2) is 68.5 Å². The standard InChI is InChI=1S/C66H109N2O6P/c1-6-8-10-12-14-16-18-20-21-22-23-24-25-26-27-28-29-30-31-32-33-34-35-36-37-38-39-40-41-42-43-44-45-46-47-48-50-52-54-56-58-60-66(70)67-64(63-74-75(71,72)73-62-61-68(3,4)5)65(69)59-57-55-53-51-49-19-17-15-13-11-9-7-2/h8,10,14,16,20-21,23-24,26-27,29-30,32-33,35-36,38-39,41-42,44-45,49,51,57,59,64-65,69H,6-7,9,11-13,15,17-19,22,25,28,31,34,37,40,43,46-48,50,52-56,58,60-63H2,1-5H3,(H-,67,70,71,72)/b10-8-,16-14-,21-20-,24-23-,27-26-,30-29-,33-32-,36-35-,39-38-,42-41-,45-44-,51-49+,59-57+. The lowest BCUT2D eigenvalue weighted by Crippen LogP contribution is -2.45. The van der Waals surface area contributed by atoms with E-state index in [0.29, 0.717) is 17.4 Å². The summed E-state index contributed by atoms with van der Waals surface area (Å²) in [5, 5.41) is 13.8. The lowest BCUT2D eigenvalue weighted by Gasteiger charge is -2.29. The largest absolute Gasteiger partial charge is 0.756 e. The highest BCUT2D eigenvalue weighted by atomic mass is 31.2. The Kier molecular flexibility index (Phi) is 52.1. The van der Waals surface area contributed by atoms with Crippen molar-refractivity contribution in [3.05, 3.63) is 158 Å². The van der Waals surface area contributed by atoms with Crippen molar-refractivity contribution in [1.82, 2.24) is 5.32 Å². The number of carbonyl (C=O) groups is 1.